The molecule has 0 aliphatic heterocycles. The number of hydrogen-bond acceptors (Lipinski definition) is 3. The molecular weight excluding hydrogens is 140 g/mol. The number of nitrogens with zero attached hydrogens (tertiary/aromatic N) is 2. The van der Waals surface area contributed by atoms with Crippen LogP contribution in [0.25, 0.3) is 0 Å². The highest BCUT2D eigenvalue weighted by Crippen LogP contribution is 1.98. The average Bonchev–Trinajstić information content (AvgIpc) is 1.87. The van der Waals surface area contributed by atoms with Crippen LogP contribution in [-0.2, 0) is 4.74 Å². The van der Waals surface area contributed by atoms with E-state index >= 15 is 0 Å². The van der Waals surface area contributed by atoms with Gasteiger partial charge < -0.3 is 4.74 Å². The molecule has 0 heterocycles. The van der Waals surface area contributed by atoms with E-state index in [-0.39, 0.29) is 0 Å². The van der Waals surface area contributed by atoms with E-state index in [1.54, 1.807) is 7.11 Å². The van der Waals surface area contributed by atoms with Gasteiger partial charge in [-0.25, -0.2) is 0 Å². The molecule has 0 saturated carbocycles. The van der Waals surface area contributed by atoms with Gasteiger partial charge in [0.1, 0.15) is 0 Å². The van der Waals surface area contributed by atoms with Crippen molar-refractivity contribution in [1.29, 1.82) is 0 Å². The van der Waals surface area contributed by atoms with Gasteiger partial charge in [0.05, 0.1) is 7.11 Å². The Bertz CT molecular complexity index is 167. The van der Waals surface area contributed by atoms with Crippen molar-refractivity contribution in [2.75, 3.05) is 7.11 Å². The lowest BCUT2D eigenvalue weighted by atomic mass is 10.2. The van der Waals surface area contributed by atoms with Gasteiger partial charge in [-0.05, 0) is 13.8 Å². The van der Waals surface area contributed by atoms with Crippen LogP contribution in [0.3, 0.4) is 0 Å². The van der Waals surface area contributed by atoms with Crippen molar-refractivity contribution < 1.29 is 4.74 Å². The third-order valence-corrected chi connectivity index (χ3v) is 1.05. The van der Waals surface area contributed by atoms with Gasteiger partial charge in [-0.15, -0.1) is 5.10 Å². The predicted octanol–water partition coefficient (Wildman–Crippen LogP) is 2.08. The van der Waals surface area contributed by atoms with Crippen molar-refractivity contribution >= 4 is 11.6 Å². The molecule has 11 heavy (non-hydrogen) atoms. The van der Waals surface area contributed by atoms with Crippen LogP contribution in [0.5, 0.6) is 0 Å². The zero-order valence-electron chi connectivity index (χ0n) is 7.88. The molecule has 0 bridgehead atoms. The SMILES string of the molecule is CO/C(=N\N=C(C)C)C(C)C. The van der Waals surface area contributed by atoms with Crippen LogP contribution in [-0.4, -0.2) is 18.7 Å². The van der Waals surface area contributed by atoms with Gasteiger partial charge >= 0.3 is 0 Å². The fraction of sp³-hybridized carbons (Fsp3) is 0.750. The second-order valence-corrected chi connectivity index (χ2v) is 2.84. The van der Waals surface area contributed by atoms with Gasteiger partial charge in [0.15, 0.2) is 0 Å². The van der Waals surface area contributed by atoms with Crippen LogP contribution in [0.1, 0.15) is 27.7 Å². The topological polar surface area (TPSA) is 34.0 Å². The van der Waals surface area contributed by atoms with Crippen molar-refractivity contribution in [2.24, 2.45) is 16.1 Å². The lowest BCUT2D eigenvalue weighted by Crippen LogP contribution is -2.09. The molecule has 0 aromatic heterocycles. The van der Waals surface area contributed by atoms with Crippen LogP contribution in [0.4, 0.5) is 0 Å². The lowest BCUT2D eigenvalue weighted by Gasteiger charge is -2.04. The third-order valence-electron chi connectivity index (χ3n) is 1.05. The van der Waals surface area contributed by atoms with Crippen LogP contribution in [0.15, 0.2) is 10.2 Å². The van der Waals surface area contributed by atoms with Crippen molar-refractivity contribution in [2.45, 2.75) is 27.7 Å². The molecule has 0 spiro atoms. The first-order valence-electron chi connectivity index (χ1n) is 3.70. The summed E-state index contributed by atoms with van der Waals surface area (Å²) in [5, 5.41) is 7.82. The second kappa shape index (κ2) is 4.88. The first kappa shape index (κ1) is 10.1. The summed E-state index contributed by atoms with van der Waals surface area (Å²) >= 11 is 0. The Labute approximate surface area is 68.2 Å². The van der Waals surface area contributed by atoms with Gasteiger partial charge in [-0.2, -0.15) is 5.10 Å². The Morgan fingerprint density at radius 2 is 1.73 bits per heavy atom. The Morgan fingerprint density at radius 3 is 2.00 bits per heavy atom. The average molecular weight is 156 g/mol. The molecule has 0 fully saturated rings. The third kappa shape index (κ3) is 4.53. The van der Waals surface area contributed by atoms with Crippen molar-refractivity contribution in [3.8, 4) is 0 Å². The normalized spacial score (nSPS) is 11.6. The Balaban J connectivity index is 4.24. The first-order valence-corrected chi connectivity index (χ1v) is 3.70. The summed E-state index contributed by atoms with van der Waals surface area (Å²) in [5.74, 6) is 0.967. The van der Waals surface area contributed by atoms with Crippen molar-refractivity contribution in [1.82, 2.24) is 0 Å². The minimum Gasteiger partial charge on any atom is -0.483 e. The summed E-state index contributed by atoms with van der Waals surface area (Å²) in [6.07, 6.45) is 0. The number of ether oxygens (including phenoxy) is 1. The van der Waals surface area contributed by atoms with E-state index in [2.05, 4.69) is 10.2 Å². The van der Waals surface area contributed by atoms with E-state index in [4.69, 9.17) is 4.74 Å². The molecule has 0 aromatic carbocycles. The van der Waals surface area contributed by atoms with Gasteiger partial charge in [-0.1, -0.05) is 13.8 Å². The van der Waals surface area contributed by atoms with E-state index in [9.17, 15) is 0 Å². The van der Waals surface area contributed by atoms with E-state index < -0.39 is 0 Å². The summed E-state index contributed by atoms with van der Waals surface area (Å²) in [4.78, 5) is 0. The minimum absolute atomic E-state index is 0.295. The summed E-state index contributed by atoms with van der Waals surface area (Å²) in [5.41, 5.74) is 0.931. The second-order valence-electron chi connectivity index (χ2n) is 2.84. The molecule has 0 atom stereocenters. The molecule has 3 heteroatoms. The van der Waals surface area contributed by atoms with Gasteiger partial charge in [-0.3, -0.25) is 0 Å². The van der Waals surface area contributed by atoms with E-state index in [0.29, 0.717) is 11.8 Å². The van der Waals surface area contributed by atoms with E-state index in [1.165, 1.54) is 0 Å². The Morgan fingerprint density at radius 1 is 1.18 bits per heavy atom. The first-order chi connectivity index (χ1) is 5.07. The fourth-order valence-corrected chi connectivity index (χ4v) is 0.541. The highest BCUT2D eigenvalue weighted by molar-refractivity contribution is 5.82. The molecule has 0 saturated heterocycles. The summed E-state index contributed by atoms with van der Waals surface area (Å²) in [6.45, 7) is 7.83. The van der Waals surface area contributed by atoms with Crippen LogP contribution >= 0.6 is 0 Å². The smallest absolute Gasteiger partial charge is 0.210 e. The van der Waals surface area contributed by atoms with Gasteiger partial charge in [0.25, 0.3) is 0 Å². The summed E-state index contributed by atoms with van der Waals surface area (Å²) in [7, 11) is 1.61. The van der Waals surface area contributed by atoms with E-state index in [0.717, 1.165) is 5.71 Å². The predicted molar refractivity (Wildman–Crippen MR) is 48.1 cm³/mol. The molecule has 0 unspecified atom stereocenters. The lowest BCUT2D eigenvalue weighted by molar-refractivity contribution is 0.373. The summed E-state index contributed by atoms with van der Waals surface area (Å²) < 4.78 is 5.01. The zero-order chi connectivity index (χ0) is 8.85. The summed E-state index contributed by atoms with van der Waals surface area (Å²) in [6, 6.07) is 0. The highest BCUT2D eigenvalue weighted by Gasteiger charge is 2.02. The molecular formula is C8H16N2O. The molecule has 0 rings (SSSR count). The molecule has 0 radical (unpaired) electrons. The van der Waals surface area contributed by atoms with Gasteiger partial charge in [0, 0.05) is 11.6 Å². The van der Waals surface area contributed by atoms with Crippen LogP contribution in [0.2, 0.25) is 0 Å². The minimum atomic E-state index is 0.295. The van der Waals surface area contributed by atoms with Gasteiger partial charge in [0.2, 0.25) is 5.90 Å². The monoisotopic (exact) mass is 156 g/mol. The molecule has 0 N–H and O–H groups in total. The van der Waals surface area contributed by atoms with E-state index in [1.807, 2.05) is 27.7 Å². The molecule has 0 amide bonds. The number of hydrogen-bond donors (Lipinski definition) is 0. The quantitative estimate of drug-likeness (QED) is 0.342. The van der Waals surface area contributed by atoms with Crippen LogP contribution in [0, 0.1) is 5.92 Å². The highest BCUT2D eigenvalue weighted by atomic mass is 16.5. The Kier molecular flexibility index (Phi) is 4.50. The standard InChI is InChI=1S/C8H16N2O/c1-6(2)8(11-5)10-9-7(3)4/h6H,1-5H3/b10-8-. The molecule has 0 aliphatic carbocycles. The maximum atomic E-state index is 5.01. The number of rotatable bonds is 2. The molecule has 3 nitrogen and oxygen atoms in total. The maximum Gasteiger partial charge on any atom is 0.210 e. The maximum absolute atomic E-state index is 5.01. The number of methoxy groups -OCH3 is 1. The van der Waals surface area contributed by atoms with Crippen LogP contribution < -0.4 is 0 Å². The van der Waals surface area contributed by atoms with Crippen molar-refractivity contribution in [3.63, 3.8) is 0 Å². The molecule has 0 aliphatic rings. The molecule has 64 valence electrons. The largest absolute Gasteiger partial charge is 0.483 e. The molecule has 0 aromatic rings. The van der Waals surface area contributed by atoms with Crippen molar-refractivity contribution in [3.05, 3.63) is 0 Å². The zero-order valence-corrected chi connectivity index (χ0v) is 7.88. The Hall–Kier alpha value is -0.860. The fourth-order valence-electron chi connectivity index (χ4n) is 0.541.